The molecule has 3 aromatic rings. The quantitative estimate of drug-likeness (QED) is 0.801. The highest BCUT2D eigenvalue weighted by atomic mass is 16.5. The molecule has 1 atom stereocenters. The summed E-state index contributed by atoms with van der Waals surface area (Å²) in [4.78, 5) is 0. The number of hydrogen-bond acceptors (Lipinski definition) is 4. The number of methoxy groups -OCH3 is 1. The molecular weight excluding hydrogens is 314 g/mol. The molecule has 0 spiro atoms. The van der Waals surface area contributed by atoms with Gasteiger partial charge in [-0.2, -0.15) is 10.4 Å². The van der Waals surface area contributed by atoms with Crippen LogP contribution in [0, 0.1) is 11.3 Å². The Balaban J connectivity index is 1.94. The number of aliphatic hydroxyl groups is 1. The molecule has 25 heavy (non-hydrogen) atoms. The number of nitriles is 1. The highest BCUT2D eigenvalue weighted by Crippen LogP contribution is 2.36. The van der Waals surface area contributed by atoms with Gasteiger partial charge in [-0.3, -0.25) is 0 Å². The van der Waals surface area contributed by atoms with Gasteiger partial charge in [-0.15, -0.1) is 0 Å². The van der Waals surface area contributed by atoms with Crippen molar-refractivity contribution in [2.24, 2.45) is 0 Å². The number of aromatic nitrogens is 2. The van der Waals surface area contributed by atoms with Crippen LogP contribution in [-0.4, -0.2) is 28.1 Å². The summed E-state index contributed by atoms with van der Waals surface area (Å²) in [7, 11) is 1.64. The fraction of sp³-hybridized carbons (Fsp3) is 0.200. The molecule has 0 aliphatic heterocycles. The third kappa shape index (κ3) is 2.57. The highest BCUT2D eigenvalue weighted by Gasteiger charge is 2.29. The highest BCUT2D eigenvalue weighted by molar-refractivity contribution is 5.70. The molecule has 4 rings (SSSR count). The van der Waals surface area contributed by atoms with Crippen molar-refractivity contribution >= 4 is 0 Å². The van der Waals surface area contributed by atoms with Crippen LogP contribution in [0.3, 0.4) is 0 Å². The summed E-state index contributed by atoms with van der Waals surface area (Å²) in [6, 6.07) is 17.3. The van der Waals surface area contributed by atoms with Crippen LogP contribution >= 0.6 is 0 Å². The van der Waals surface area contributed by atoms with E-state index in [1.54, 1.807) is 19.2 Å². The molecule has 1 N–H and O–H groups in total. The van der Waals surface area contributed by atoms with Crippen LogP contribution in [0.2, 0.25) is 0 Å². The van der Waals surface area contributed by atoms with E-state index in [1.165, 1.54) is 0 Å². The van der Waals surface area contributed by atoms with Crippen LogP contribution < -0.4 is 4.74 Å². The Kier molecular flexibility index (Phi) is 3.75. The molecule has 0 saturated heterocycles. The van der Waals surface area contributed by atoms with E-state index in [0.717, 1.165) is 34.0 Å². The predicted molar refractivity (Wildman–Crippen MR) is 93.7 cm³/mol. The maximum absolute atomic E-state index is 10.0. The molecule has 0 radical (unpaired) electrons. The molecule has 2 aromatic carbocycles. The number of benzene rings is 2. The molecule has 5 heteroatoms. The van der Waals surface area contributed by atoms with E-state index in [1.807, 2.05) is 41.1 Å². The van der Waals surface area contributed by atoms with Crippen molar-refractivity contribution in [2.75, 3.05) is 7.11 Å². The summed E-state index contributed by atoms with van der Waals surface area (Å²) in [6.07, 6.45) is 0.752. The number of aliphatic hydroxyl groups excluding tert-OH is 1. The Bertz CT molecular complexity index is 968. The smallest absolute Gasteiger partial charge is 0.144 e. The van der Waals surface area contributed by atoms with Gasteiger partial charge in [0.25, 0.3) is 0 Å². The Morgan fingerprint density at radius 2 is 1.92 bits per heavy atom. The van der Waals surface area contributed by atoms with Gasteiger partial charge < -0.3 is 9.84 Å². The van der Waals surface area contributed by atoms with Gasteiger partial charge in [0, 0.05) is 24.0 Å². The lowest BCUT2D eigenvalue weighted by molar-refractivity contribution is 0.185. The Morgan fingerprint density at radius 3 is 2.64 bits per heavy atom. The normalized spacial score (nSPS) is 15.6. The zero-order valence-electron chi connectivity index (χ0n) is 13.8. The minimum atomic E-state index is -0.387. The first kappa shape index (κ1) is 15.4. The number of fused-ring (bicyclic) bond motifs is 1. The summed E-state index contributed by atoms with van der Waals surface area (Å²) < 4.78 is 7.38. The van der Waals surface area contributed by atoms with Crippen molar-refractivity contribution in [3.63, 3.8) is 0 Å². The Morgan fingerprint density at radius 1 is 1.16 bits per heavy atom. The second-order valence-corrected chi connectivity index (χ2v) is 6.11. The summed E-state index contributed by atoms with van der Waals surface area (Å²) in [5, 5.41) is 23.8. The number of hydrogen-bond donors (Lipinski definition) is 1. The lowest BCUT2D eigenvalue weighted by Gasteiger charge is -2.13. The van der Waals surface area contributed by atoms with Gasteiger partial charge in [0.15, 0.2) is 0 Å². The minimum Gasteiger partial charge on any atom is -0.494 e. The van der Waals surface area contributed by atoms with E-state index in [9.17, 15) is 5.11 Å². The van der Waals surface area contributed by atoms with Crippen LogP contribution in [0.5, 0.6) is 5.75 Å². The second-order valence-electron chi connectivity index (χ2n) is 6.11. The van der Waals surface area contributed by atoms with Crippen LogP contribution in [0.25, 0.3) is 16.9 Å². The van der Waals surface area contributed by atoms with Crippen molar-refractivity contribution in [2.45, 2.75) is 18.9 Å². The molecule has 1 aliphatic rings. The zero-order valence-corrected chi connectivity index (χ0v) is 13.8. The molecule has 0 bridgehead atoms. The first-order valence-corrected chi connectivity index (χ1v) is 8.14. The van der Waals surface area contributed by atoms with Crippen molar-refractivity contribution < 1.29 is 9.84 Å². The van der Waals surface area contributed by atoms with E-state index in [0.29, 0.717) is 18.4 Å². The largest absolute Gasteiger partial charge is 0.494 e. The maximum atomic E-state index is 10.0. The van der Waals surface area contributed by atoms with Crippen molar-refractivity contribution in [3.8, 4) is 28.8 Å². The van der Waals surface area contributed by atoms with Gasteiger partial charge in [0.2, 0.25) is 0 Å². The van der Waals surface area contributed by atoms with Gasteiger partial charge in [-0.25, -0.2) is 4.68 Å². The average molecular weight is 331 g/mol. The summed E-state index contributed by atoms with van der Waals surface area (Å²) >= 11 is 0. The fourth-order valence-electron chi connectivity index (χ4n) is 3.38. The lowest BCUT2D eigenvalue weighted by atomic mass is 10.0. The Hall–Kier alpha value is -3.10. The van der Waals surface area contributed by atoms with Crippen molar-refractivity contribution in [1.82, 2.24) is 9.78 Å². The van der Waals surface area contributed by atoms with E-state index in [4.69, 9.17) is 15.1 Å². The Labute approximate surface area is 145 Å². The summed E-state index contributed by atoms with van der Waals surface area (Å²) in [6.45, 7) is 0. The summed E-state index contributed by atoms with van der Waals surface area (Å²) in [5.41, 5.74) is 5.35. The monoisotopic (exact) mass is 331 g/mol. The van der Waals surface area contributed by atoms with Gasteiger partial charge in [-0.05, 0) is 24.3 Å². The molecular formula is C20H17N3O2. The zero-order chi connectivity index (χ0) is 17.4. The van der Waals surface area contributed by atoms with Gasteiger partial charge in [0.05, 0.1) is 36.2 Å². The van der Waals surface area contributed by atoms with Crippen molar-refractivity contribution in [1.29, 1.82) is 5.26 Å². The molecule has 1 aromatic heterocycles. The number of para-hydroxylation sites is 2. The van der Waals surface area contributed by atoms with Crippen LogP contribution in [0.15, 0.2) is 48.5 Å². The van der Waals surface area contributed by atoms with E-state index in [-0.39, 0.29) is 6.10 Å². The lowest BCUT2D eigenvalue weighted by Crippen LogP contribution is -2.09. The number of nitrogens with zero attached hydrogens (tertiary/aromatic N) is 3. The molecule has 124 valence electrons. The molecule has 0 fully saturated rings. The maximum Gasteiger partial charge on any atom is 0.144 e. The predicted octanol–water partition coefficient (Wildman–Crippen LogP) is 2.88. The minimum absolute atomic E-state index is 0.387. The van der Waals surface area contributed by atoms with Crippen molar-refractivity contribution in [3.05, 3.63) is 65.4 Å². The standard InChI is InChI=1S/C20H17N3O2/c1-25-19-5-3-2-4-18(19)23-20(14-8-6-13(12-21)7-9-14)16-10-15(24)11-17(16)22-23/h2-9,15,24H,10-11H2,1H3/t15-/m0/s1. The number of ether oxygens (including phenoxy) is 1. The van der Waals surface area contributed by atoms with E-state index >= 15 is 0 Å². The average Bonchev–Trinajstić information content (AvgIpc) is 3.17. The van der Waals surface area contributed by atoms with Gasteiger partial charge in [-0.1, -0.05) is 24.3 Å². The molecule has 5 nitrogen and oxygen atoms in total. The SMILES string of the molecule is COc1ccccc1-n1nc2c(c1-c1ccc(C#N)cc1)C[C@H](O)C2. The summed E-state index contributed by atoms with van der Waals surface area (Å²) in [5.74, 6) is 0.735. The topological polar surface area (TPSA) is 71.1 Å². The van der Waals surface area contributed by atoms with Gasteiger partial charge in [0.1, 0.15) is 11.4 Å². The molecule has 0 amide bonds. The van der Waals surface area contributed by atoms with Crippen LogP contribution in [0.4, 0.5) is 0 Å². The van der Waals surface area contributed by atoms with Gasteiger partial charge >= 0.3 is 0 Å². The van der Waals surface area contributed by atoms with Crippen LogP contribution in [-0.2, 0) is 12.8 Å². The third-order valence-electron chi connectivity index (χ3n) is 4.54. The first-order chi connectivity index (χ1) is 12.2. The third-order valence-corrected chi connectivity index (χ3v) is 4.54. The number of rotatable bonds is 3. The first-order valence-electron chi connectivity index (χ1n) is 8.14. The van der Waals surface area contributed by atoms with E-state index in [2.05, 4.69) is 6.07 Å². The molecule has 1 aliphatic carbocycles. The molecule has 1 heterocycles. The van der Waals surface area contributed by atoms with Crippen LogP contribution in [0.1, 0.15) is 16.8 Å². The van der Waals surface area contributed by atoms with E-state index < -0.39 is 0 Å². The fourth-order valence-corrected chi connectivity index (χ4v) is 3.38. The second kappa shape index (κ2) is 6.08. The molecule has 0 saturated carbocycles. The molecule has 0 unspecified atom stereocenters.